The number of carbonyl (C=O) groups is 1. The van der Waals surface area contributed by atoms with Crippen LogP contribution in [0, 0.1) is 13.8 Å². The SMILES string of the molecule is Cc1cccc(-n2ncc3c(=O)n(CC(=O)c4ccccc4)cnc32)c1C. The fourth-order valence-electron chi connectivity index (χ4n) is 3.07. The summed E-state index contributed by atoms with van der Waals surface area (Å²) in [6, 6.07) is 14.8. The van der Waals surface area contributed by atoms with E-state index in [4.69, 9.17) is 0 Å². The Bertz CT molecular complexity index is 1210. The smallest absolute Gasteiger partial charge is 0.264 e. The highest BCUT2D eigenvalue weighted by Crippen LogP contribution is 2.20. The first-order chi connectivity index (χ1) is 13.1. The van der Waals surface area contributed by atoms with Crippen LogP contribution in [0.25, 0.3) is 16.7 Å². The van der Waals surface area contributed by atoms with Crippen molar-refractivity contribution in [2.45, 2.75) is 20.4 Å². The molecular weight excluding hydrogens is 340 g/mol. The van der Waals surface area contributed by atoms with Crippen LogP contribution in [-0.4, -0.2) is 25.1 Å². The maximum Gasteiger partial charge on any atom is 0.264 e. The molecule has 4 aromatic rings. The topological polar surface area (TPSA) is 69.8 Å². The summed E-state index contributed by atoms with van der Waals surface area (Å²) < 4.78 is 3.00. The lowest BCUT2D eigenvalue weighted by molar-refractivity contribution is 0.0970. The zero-order valence-electron chi connectivity index (χ0n) is 15.1. The van der Waals surface area contributed by atoms with Gasteiger partial charge in [-0.15, -0.1) is 0 Å². The zero-order chi connectivity index (χ0) is 19.0. The number of hydrogen-bond acceptors (Lipinski definition) is 4. The maximum atomic E-state index is 12.8. The summed E-state index contributed by atoms with van der Waals surface area (Å²) in [7, 11) is 0. The highest BCUT2D eigenvalue weighted by atomic mass is 16.1. The minimum atomic E-state index is -0.277. The number of hydrogen-bond donors (Lipinski definition) is 0. The third kappa shape index (κ3) is 2.95. The van der Waals surface area contributed by atoms with Crippen molar-refractivity contribution >= 4 is 16.8 Å². The molecule has 0 amide bonds. The molecule has 0 bridgehead atoms. The van der Waals surface area contributed by atoms with Gasteiger partial charge in [-0.1, -0.05) is 42.5 Å². The molecular formula is C21H18N4O2. The molecule has 0 fully saturated rings. The summed E-state index contributed by atoms with van der Waals surface area (Å²) in [5, 5.41) is 4.75. The highest BCUT2D eigenvalue weighted by molar-refractivity contribution is 5.95. The van der Waals surface area contributed by atoms with Gasteiger partial charge in [0.15, 0.2) is 11.4 Å². The highest BCUT2D eigenvalue weighted by Gasteiger charge is 2.15. The molecule has 0 saturated heterocycles. The van der Waals surface area contributed by atoms with Crippen LogP contribution in [0.15, 0.2) is 65.8 Å². The van der Waals surface area contributed by atoms with Gasteiger partial charge in [-0.05, 0) is 31.0 Å². The minimum Gasteiger partial charge on any atom is -0.292 e. The van der Waals surface area contributed by atoms with Gasteiger partial charge in [0.1, 0.15) is 11.7 Å². The first-order valence-corrected chi connectivity index (χ1v) is 8.64. The second-order valence-electron chi connectivity index (χ2n) is 6.48. The van der Waals surface area contributed by atoms with Crippen molar-refractivity contribution < 1.29 is 4.79 Å². The Morgan fingerprint density at radius 3 is 2.59 bits per heavy atom. The molecule has 0 spiro atoms. The molecule has 0 radical (unpaired) electrons. The van der Waals surface area contributed by atoms with Crippen molar-refractivity contribution in [3.05, 3.63) is 88.1 Å². The van der Waals surface area contributed by atoms with E-state index in [0.717, 1.165) is 16.8 Å². The molecule has 4 rings (SSSR count). The van der Waals surface area contributed by atoms with E-state index in [9.17, 15) is 9.59 Å². The maximum absolute atomic E-state index is 12.8. The van der Waals surface area contributed by atoms with Crippen molar-refractivity contribution in [2.24, 2.45) is 0 Å². The number of aromatic nitrogens is 4. The third-order valence-electron chi connectivity index (χ3n) is 4.77. The van der Waals surface area contributed by atoms with E-state index < -0.39 is 0 Å². The number of aryl methyl sites for hydroxylation is 1. The van der Waals surface area contributed by atoms with E-state index in [2.05, 4.69) is 10.1 Å². The van der Waals surface area contributed by atoms with Gasteiger partial charge in [0.05, 0.1) is 18.4 Å². The predicted molar refractivity (Wildman–Crippen MR) is 103 cm³/mol. The van der Waals surface area contributed by atoms with E-state index in [1.165, 1.54) is 17.1 Å². The van der Waals surface area contributed by atoms with Crippen molar-refractivity contribution in [1.29, 1.82) is 0 Å². The first kappa shape index (κ1) is 16.9. The summed E-state index contributed by atoms with van der Waals surface area (Å²) in [6.45, 7) is 3.98. The van der Waals surface area contributed by atoms with Crippen molar-refractivity contribution in [2.75, 3.05) is 0 Å². The quantitative estimate of drug-likeness (QED) is 0.526. The van der Waals surface area contributed by atoms with Crippen molar-refractivity contribution in [3.8, 4) is 5.69 Å². The molecule has 2 heterocycles. The number of Topliss-reactive ketones (excluding diaryl/α,β-unsaturated/α-hetero) is 1. The fraction of sp³-hybridized carbons (Fsp3) is 0.143. The Morgan fingerprint density at radius 2 is 1.81 bits per heavy atom. The van der Waals surface area contributed by atoms with E-state index in [1.807, 2.05) is 38.1 Å². The number of nitrogens with zero attached hydrogens (tertiary/aromatic N) is 4. The third-order valence-corrected chi connectivity index (χ3v) is 4.77. The minimum absolute atomic E-state index is 0.0551. The number of benzene rings is 2. The molecule has 0 N–H and O–H groups in total. The molecule has 0 saturated carbocycles. The molecule has 6 nitrogen and oxygen atoms in total. The van der Waals surface area contributed by atoms with Crippen LogP contribution in [0.4, 0.5) is 0 Å². The van der Waals surface area contributed by atoms with Crippen molar-refractivity contribution in [1.82, 2.24) is 19.3 Å². The average Bonchev–Trinajstić information content (AvgIpc) is 3.11. The van der Waals surface area contributed by atoms with Gasteiger partial charge in [0, 0.05) is 5.56 Å². The first-order valence-electron chi connectivity index (χ1n) is 8.64. The molecule has 0 unspecified atom stereocenters. The molecule has 134 valence electrons. The molecule has 0 aliphatic heterocycles. The lowest BCUT2D eigenvalue weighted by atomic mass is 10.1. The second-order valence-corrected chi connectivity index (χ2v) is 6.48. The van der Waals surface area contributed by atoms with Gasteiger partial charge in [-0.2, -0.15) is 5.10 Å². The fourth-order valence-corrected chi connectivity index (χ4v) is 3.07. The average molecular weight is 358 g/mol. The summed E-state index contributed by atoms with van der Waals surface area (Å²) in [6.07, 6.45) is 2.92. The zero-order valence-corrected chi connectivity index (χ0v) is 15.1. The number of fused-ring (bicyclic) bond motifs is 1. The Hall–Kier alpha value is -3.54. The standard InChI is InChI=1S/C21H18N4O2/c1-14-7-6-10-18(15(14)2)25-20-17(11-23-25)21(27)24(13-22-20)12-19(26)16-8-4-3-5-9-16/h3-11,13H,12H2,1-2H3. The van der Waals surface area contributed by atoms with Crippen LogP contribution in [0.2, 0.25) is 0 Å². The van der Waals surface area contributed by atoms with E-state index in [0.29, 0.717) is 16.6 Å². The molecule has 6 heteroatoms. The van der Waals surface area contributed by atoms with Crippen LogP contribution in [0.1, 0.15) is 21.5 Å². The van der Waals surface area contributed by atoms with Crippen LogP contribution >= 0.6 is 0 Å². The summed E-state index contributed by atoms with van der Waals surface area (Å²) in [4.78, 5) is 29.6. The lowest BCUT2D eigenvalue weighted by Gasteiger charge is -2.09. The normalized spacial score (nSPS) is 11.0. The van der Waals surface area contributed by atoms with Gasteiger partial charge in [-0.3, -0.25) is 14.2 Å². The van der Waals surface area contributed by atoms with Gasteiger partial charge in [0.2, 0.25) is 0 Å². The Kier molecular flexibility index (Phi) is 4.16. The summed E-state index contributed by atoms with van der Waals surface area (Å²) >= 11 is 0. The Labute approximate surface area is 155 Å². The van der Waals surface area contributed by atoms with E-state index >= 15 is 0 Å². The molecule has 2 aromatic heterocycles. The van der Waals surface area contributed by atoms with Crippen molar-refractivity contribution in [3.63, 3.8) is 0 Å². The monoisotopic (exact) mass is 358 g/mol. The predicted octanol–water partition coefficient (Wildman–Crippen LogP) is 3.08. The number of carbonyl (C=O) groups excluding carboxylic acids is 1. The van der Waals surface area contributed by atoms with Gasteiger partial charge in [-0.25, -0.2) is 9.67 Å². The van der Waals surface area contributed by atoms with Gasteiger partial charge < -0.3 is 0 Å². The molecule has 2 aromatic carbocycles. The largest absolute Gasteiger partial charge is 0.292 e. The Morgan fingerprint density at radius 1 is 1.04 bits per heavy atom. The van der Waals surface area contributed by atoms with Gasteiger partial charge in [0.25, 0.3) is 5.56 Å². The lowest BCUT2D eigenvalue weighted by Crippen LogP contribution is -2.24. The molecule has 0 aliphatic carbocycles. The van der Waals surface area contributed by atoms with E-state index in [-0.39, 0.29) is 17.9 Å². The second kappa shape index (κ2) is 6.64. The molecule has 0 atom stereocenters. The summed E-state index contributed by atoms with van der Waals surface area (Å²) in [5.74, 6) is -0.138. The van der Waals surface area contributed by atoms with Crippen LogP contribution in [0.5, 0.6) is 0 Å². The summed E-state index contributed by atoms with van der Waals surface area (Å²) in [5.41, 5.74) is 3.87. The van der Waals surface area contributed by atoms with Crippen LogP contribution in [-0.2, 0) is 6.54 Å². The molecule has 0 aliphatic rings. The van der Waals surface area contributed by atoms with E-state index in [1.54, 1.807) is 28.9 Å². The molecule has 27 heavy (non-hydrogen) atoms. The van der Waals surface area contributed by atoms with Crippen LogP contribution in [0.3, 0.4) is 0 Å². The number of ketones is 1. The van der Waals surface area contributed by atoms with Gasteiger partial charge >= 0.3 is 0 Å². The Balaban J connectivity index is 1.75. The van der Waals surface area contributed by atoms with Crippen LogP contribution < -0.4 is 5.56 Å². The number of rotatable bonds is 4.